The minimum Gasteiger partial charge on any atom is -0.378 e. The lowest BCUT2D eigenvalue weighted by atomic mass is 9.96. The zero-order valence-electron chi connectivity index (χ0n) is 31.8. The standard InChI is InChI=1S/C42H49N9O5/c1-48-15-3-6-35(48)33-20-28-23-43-37(21-32(28)45-33)46-40(53)27-7-9-38(44-22-27)50-18-13-29(14-19-50)56-25-26-11-16-49(17-12-26)34-5-2-4-30-31(34)24-51(42(30)55)36-8-10-39(52)47-41(36)54/h2,4-5,7,9,20-23,26,29,35-36,45H,3,6,8,10-19,24-25H2,1H3,(H,43,46,53)(H,47,52,54). The molecule has 292 valence electrons. The van der Waals surface area contributed by atoms with Gasteiger partial charge in [-0.3, -0.25) is 29.4 Å². The Bertz CT molecular complexity index is 2140. The molecule has 0 radical (unpaired) electrons. The summed E-state index contributed by atoms with van der Waals surface area (Å²) in [5.41, 5.74) is 5.32. The highest BCUT2D eigenvalue weighted by Gasteiger charge is 2.40. The van der Waals surface area contributed by atoms with E-state index in [-0.39, 0.29) is 36.2 Å². The second-order valence-electron chi connectivity index (χ2n) is 16.0. The summed E-state index contributed by atoms with van der Waals surface area (Å²) < 4.78 is 6.46. The number of aromatic nitrogens is 3. The molecule has 3 aromatic heterocycles. The molecule has 0 saturated carbocycles. The number of piperidine rings is 3. The first-order chi connectivity index (χ1) is 27.3. The lowest BCUT2D eigenvalue weighted by molar-refractivity contribution is -0.136. The molecule has 1 aromatic carbocycles. The Morgan fingerprint density at radius 2 is 1.71 bits per heavy atom. The van der Waals surface area contributed by atoms with Gasteiger partial charge in [0.05, 0.1) is 17.2 Å². The van der Waals surface area contributed by atoms with Crippen LogP contribution in [0.2, 0.25) is 0 Å². The van der Waals surface area contributed by atoms with Crippen molar-refractivity contribution in [1.29, 1.82) is 0 Å². The predicted molar refractivity (Wildman–Crippen MR) is 212 cm³/mol. The molecule has 5 aliphatic heterocycles. The Hall–Kier alpha value is -5.34. The van der Waals surface area contributed by atoms with Gasteiger partial charge in [0.15, 0.2) is 0 Å². The van der Waals surface area contributed by atoms with E-state index < -0.39 is 6.04 Å². The number of nitrogens with one attached hydrogen (secondary N) is 3. The summed E-state index contributed by atoms with van der Waals surface area (Å²) in [5.74, 6) is 0.791. The Balaban J connectivity index is 0.721. The van der Waals surface area contributed by atoms with Gasteiger partial charge in [0.25, 0.3) is 11.8 Å². The van der Waals surface area contributed by atoms with Crippen LogP contribution in [-0.2, 0) is 20.9 Å². The highest BCUT2D eigenvalue weighted by atomic mass is 16.5. The van der Waals surface area contributed by atoms with Crippen molar-refractivity contribution in [2.45, 2.75) is 76.1 Å². The number of pyridine rings is 2. The van der Waals surface area contributed by atoms with Crippen LogP contribution >= 0.6 is 0 Å². The third-order valence-electron chi connectivity index (χ3n) is 12.5. The minimum atomic E-state index is -0.612. The van der Waals surface area contributed by atoms with Gasteiger partial charge in [0, 0.05) is 98.1 Å². The summed E-state index contributed by atoms with van der Waals surface area (Å²) in [4.78, 5) is 71.9. The molecule has 9 rings (SSSR count). The Morgan fingerprint density at radius 3 is 2.46 bits per heavy atom. The number of likely N-dealkylation sites (tertiary alicyclic amines) is 1. The van der Waals surface area contributed by atoms with Crippen LogP contribution in [0, 0.1) is 5.92 Å². The largest absolute Gasteiger partial charge is 0.378 e. The molecule has 2 unspecified atom stereocenters. The van der Waals surface area contributed by atoms with E-state index in [4.69, 9.17) is 4.74 Å². The van der Waals surface area contributed by atoms with E-state index in [1.807, 2.05) is 30.3 Å². The Kier molecular flexibility index (Phi) is 9.92. The zero-order valence-corrected chi connectivity index (χ0v) is 31.8. The van der Waals surface area contributed by atoms with Crippen LogP contribution in [0.5, 0.6) is 0 Å². The fourth-order valence-corrected chi connectivity index (χ4v) is 9.23. The average Bonchev–Trinajstić information content (AvgIpc) is 3.94. The lowest BCUT2D eigenvalue weighted by Crippen LogP contribution is -2.52. The van der Waals surface area contributed by atoms with E-state index in [0.29, 0.717) is 41.9 Å². The molecule has 4 amide bonds. The maximum atomic E-state index is 13.3. The van der Waals surface area contributed by atoms with Crippen LogP contribution in [0.3, 0.4) is 0 Å². The second kappa shape index (κ2) is 15.3. The second-order valence-corrected chi connectivity index (χ2v) is 16.0. The third-order valence-corrected chi connectivity index (χ3v) is 12.5. The molecule has 4 aromatic rings. The van der Waals surface area contributed by atoms with Crippen LogP contribution in [0.1, 0.15) is 89.4 Å². The number of aromatic amines is 1. The van der Waals surface area contributed by atoms with E-state index in [1.165, 1.54) is 12.1 Å². The van der Waals surface area contributed by atoms with Crippen molar-refractivity contribution in [2.24, 2.45) is 5.92 Å². The van der Waals surface area contributed by atoms with E-state index in [1.54, 1.807) is 17.3 Å². The van der Waals surface area contributed by atoms with Gasteiger partial charge in [-0.1, -0.05) is 6.07 Å². The minimum absolute atomic E-state index is 0.137. The normalized spacial score (nSPS) is 22.6. The number of hydrogen-bond donors (Lipinski definition) is 3. The summed E-state index contributed by atoms with van der Waals surface area (Å²) >= 11 is 0. The number of H-pyrrole nitrogens is 1. The van der Waals surface area contributed by atoms with E-state index in [2.05, 4.69) is 59.5 Å². The summed E-state index contributed by atoms with van der Waals surface area (Å²) in [6.45, 7) is 5.67. The molecule has 14 heteroatoms. The van der Waals surface area contributed by atoms with Crippen LogP contribution < -0.4 is 20.4 Å². The number of nitrogens with zero attached hydrogens (tertiary/aromatic N) is 6. The molecule has 0 spiro atoms. The molecule has 5 aliphatic rings. The van der Waals surface area contributed by atoms with Gasteiger partial charge in [0.1, 0.15) is 17.7 Å². The van der Waals surface area contributed by atoms with Crippen molar-refractivity contribution in [3.63, 3.8) is 0 Å². The highest BCUT2D eigenvalue weighted by molar-refractivity contribution is 6.06. The quantitative estimate of drug-likeness (QED) is 0.206. The van der Waals surface area contributed by atoms with Crippen molar-refractivity contribution in [3.8, 4) is 0 Å². The summed E-state index contributed by atoms with van der Waals surface area (Å²) in [6, 6.07) is 13.4. The van der Waals surface area contributed by atoms with E-state index in [0.717, 1.165) is 99.4 Å². The number of carbonyl (C=O) groups excluding carboxylic acids is 4. The van der Waals surface area contributed by atoms with Crippen molar-refractivity contribution >= 4 is 51.9 Å². The topological polar surface area (TPSA) is 156 Å². The Labute approximate surface area is 326 Å². The number of amides is 4. The fourth-order valence-electron chi connectivity index (χ4n) is 9.23. The number of benzene rings is 1. The van der Waals surface area contributed by atoms with Gasteiger partial charge in [-0.2, -0.15) is 0 Å². The number of fused-ring (bicyclic) bond motifs is 2. The number of carbonyl (C=O) groups is 4. The number of anilines is 3. The van der Waals surface area contributed by atoms with Gasteiger partial charge in [-0.15, -0.1) is 0 Å². The first-order valence-corrected chi connectivity index (χ1v) is 20.1. The zero-order chi connectivity index (χ0) is 38.3. The third kappa shape index (κ3) is 7.23. The SMILES string of the molecule is CN1CCCC1c1cc2cnc(NC(=O)c3ccc(N4CCC(OCC5CCN(c6cccc7c6CN(C6CCC(=O)NC6=O)C7=O)CC5)CC4)nc3)cc2[nH]1. The molecule has 0 bridgehead atoms. The molecular weight excluding hydrogens is 711 g/mol. The first kappa shape index (κ1) is 36.3. The van der Waals surface area contributed by atoms with Crippen LogP contribution in [-0.4, -0.2) is 107 Å². The van der Waals surface area contributed by atoms with E-state index in [9.17, 15) is 19.2 Å². The van der Waals surface area contributed by atoms with Gasteiger partial charge < -0.3 is 29.7 Å². The van der Waals surface area contributed by atoms with Crippen LogP contribution in [0.15, 0.2) is 54.9 Å². The van der Waals surface area contributed by atoms with Crippen molar-refractivity contribution in [2.75, 3.05) is 61.5 Å². The summed E-state index contributed by atoms with van der Waals surface area (Å²) in [7, 11) is 2.16. The first-order valence-electron chi connectivity index (χ1n) is 20.1. The maximum Gasteiger partial charge on any atom is 0.258 e. The van der Waals surface area contributed by atoms with Gasteiger partial charge in [0.2, 0.25) is 11.8 Å². The fraction of sp³-hybridized carbons (Fsp3) is 0.476. The molecule has 4 saturated heterocycles. The van der Waals surface area contributed by atoms with Gasteiger partial charge in [-0.05, 0) is 94.8 Å². The molecule has 0 aliphatic carbocycles. The molecular formula is C42H49N9O5. The van der Waals surface area contributed by atoms with Crippen LogP contribution in [0.25, 0.3) is 10.9 Å². The number of rotatable bonds is 9. The monoisotopic (exact) mass is 759 g/mol. The molecule has 2 atom stereocenters. The number of hydrogen-bond acceptors (Lipinski definition) is 10. The lowest BCUT2D eigenvalue weighted by Gasteiger charge is -2.36. The van der Waals surface area contributed by atoms with Crippen LogP contribution in [0.4, 0.5) is 17.3 Å². The maximum absolute atomic E-state index is 13.3. The van der Waals surface area contributed by atoms with Gasteiger partial charge >= 0.3 is 0 Å². The molecule has 8 heterocycles. The molecule has 14 nitrogen and oxygen atoms in total. The smallest absolute Gasteiger partial charge is 0.258 e. The summed E-state index contributed by atoms with van der Waals surface area (Å²) in [5, 5.41) is 6.36. The average molecular weight is 760 g/mol. The number of imide groups is 1. The van der Waals surface area contributed by atoms with Gasteiger partial charge in [-0.25, -0.2) is 9.97 Å². The van der Waals surface area contributed by atoms with Crippen molar-refractivity contribution in [1.82, 2.24) is 30.1 Å². The molecule has 4 fully saturated rings. The summed E-state index contributed by atoms with van der Waals surface area (Å²) in [6.07, 6.45) is 10.4. The number of ether oxygens (including phenoxy) is 1. The van der Waals surface area contributed by atoms with E-state index >= 15 is 0 Å². The molecule has 56 heavy (non-hydrogen) atoms. The van der Waals surface area contributed by atoms with Crippen molar-refractivity contribution < 1.29 is 23.9 Å². The van der Waals surface area contributed by atoms with Crippen molar-refractivity contribution in [3.05, 3.63) is 77.2 Å². The Morgan fingerprint density at radius 1 is 0.893 bits per heavy atom. The molecule has 3 N–H and O–H groups in total. The predicted octanol–water partition coefficient (Wildman–Crippen LogP) is 4.64. The highest BCUT2D eigenvalue weighted by Crippen LogP contribution is 2.36.